The molecule has 2 aromatic rings. The first kappa shape index (κ1) is 25.6. The molecule has 3 rings (SSSR count). The molecule has 2 amide bonds. The molecule has 0 radical (unpaired) electrons. The van der Waals surface area contributed by atoms with Crippen LogP contribution in [0.5, 0.6) is 5.75 Å². The second-order valence-corrected chi connectivity index (χ2v) is 9.13. The number of aromatic nitrogens is 1. The fourth-order valence-corrected chi connectivity index (χ4v) is 3.64. The number of halogens is 6. The lowest BCUT2D eigenvalue weighted by Crippen LogP contribution is -2.33. The topological polar surface area (TPSA) is 109 Å². The fraction of sp³-hybridized carbons (Fsp3) is 0.368. The lowest BCUT2D eigenvalue weighted by atomic mass is 10.2. The summed E-state index contributed by atoms with van der Waals surface area (Å²) >= 11 is 0. The Morgan fingerprint density at radius 3 is 2.38 bits per heavy atom. The number of nitrogens with zero attached hydrogens (tertiary/aromatic N) is 1. The first-order valence-electron chi connectivity index (χ1n) is 9.67. The molecule has 1 heterocycles. The van der Waals surface area contributed by atoms with E-state index in [0.717, 1.165) is 37.2 Å². The maximum Gasteiger partial charge on any atom is 0.416 e. The van der Waals surface area contributed by atoms with Crippen LogP contribution in [-0.4, -0.2) is 38.8 Å². The molecule has 0 saturated heterocycles. The van der Waals surface area contributed by atoms with Crippen LogP contribution in [0.25, 0.3) is 0 Å². The van der Waals surface area contributed by atoms with Gasteiger partial charge in [-0.3, -0.25) is 5.32 Å². The maximum absolute atomic E-state index is 12.8. The molecular formula is C19H18F6N4O4S. The number of sulfonamides is 1. The molecule has 186 valence electrons. The summed E-state index contributed by atoms with van der Waals surface area (Å²) in [6.45, 7) is -1.55. The molecule has 0 atom stereocenters. The van der Waals surface area contributed by atoms with Gasteiger partial charge in [0.25, 0.3) is 0 Å². The van der Waals surface area contributed by atoms with Crippen molar-refractivity contribution in [3.63, 3.8) is 0 Å². The largest absolute Gasteiger partial charge is 0.491 e. The van der Waals surface area contributed by atoms with Crippen LogP contribution in [0.1, 0.15) is 18.4 Å². The quantitative estimate of drug-likeness (QED) is 0.455. The van der Waals surface area contributed by atoms with Crippen molar-refractivity contribution < 1.29 is 44.3 Å². The Morgan fingerprint density at radius 1 is 1.06 bits per heavy atom. The number of hydrogen-bond donors (Lipinski definition) is 3. The normalized spacial score (nSPS) is 14.5. The second kappa shape index (κ2) is 9.66. The summed E-state index contributed by atoms with van der Waals surface area (Å²) in [5.41, 5.74) is -1.28. The van der Waals surface area contributed by atoms with Gasteiger partial charge in [-0.1, -0.05) is 0 Å². The molecule has 1 aliphatic rings. The fourth-order valence-electron chi connectivity index (χ4n) is 2.60. The Kier molecular flexibility index (Phi) is 7.26. The predicted octanol–water partition coefficient (Wildman–Crippen LogP) is 4.37. The molecule has 0 bridgehead atoms. The van der Waals surface area contributed by atoms with Gasteiger partial charge in [0.05, 0.1) is 22.8 Å². The van der Waals surface area contributed by atoms with Gasteiger partial charge >= 0.3 is 18.4 Å². The van der Waals surface area contributed by atoms with Crippen molar-refractivity contribution in [1.29, 1.82) is 0 Å². The molecule has 0 unspecified atom stereocenters. The Morgan fingerprint density at radius 2 is 1.76 bits per heavy atom. The van der Waals surface area contributed by atoms with Gasteiger partial charge < -0.3 is 10.1 Å². The molecule has 1 aromatic carbocycles. The summed E-state index contributed by atoms with van der Waals surface area (Å²) in [5, 5.41) is 4.32. The van der Waals surface area contributed by atoms with E-state index in [0.29, 0.717) is 12.1 Å². The van der Waals surface area contributed by atoms with Gasteiger partial charge in [0, 0.05) is 6.20 Å². The van der Waals surface area contributed by atoms with Crippen molar-refractivity contribution in [2.45, 2.75) is 30.1 Å². The number of alkyl halides is 6. The second-order valence-electron chi connectivity index (χ2n) is 7.36. The first-order valence-corrected chi connectivity index (χ1v) is 11.2. The van der Waals surface area contributed by atoms with Crippen molar-refractivity contribution in [1.82, 2.24) is 9.71 Å². The van der Waals surface area contributed by atoms with E-state index in [1.165, 1.54) is 4.72 Å². The standard InChI is InChI=1S/C19H18F6N4O4S/c20-18(21,22)10-27-34(31,32)13-3-4-15(33-9-11-1-2-11)14(8-13)28-17(30)29-16-7-12(5-6-26-16)19(23,24)25/h3-8,11,27H,1-2,9-10H2,(H2,26,28,29,30). The number of nitrogens with one attached hydrogen (secondary N) is 3. The van der Waals surface area contributed by atoms with Gasteiger partial charge in [0.15, 0.2) is 0 Å². The van der Waals surface area contributed by atoms with Gasteiger partial charge in [-0.2, -0.15) is 26.3 Å². The Bertz CT molecular complexity index is 1150. The van der Waals surface area contributed by atoms with Gasteiger partial charge in [-0.05, 0) is 49.1 Å². The summed E-state index contributed by atoms with van der Waals surface area (Å²) < 4.78 is 107. The number of hydrogen-bond acceptors (Lipinski definition) is 5. The van der Waals surface area contributed by atoms with E-state index >= 15 is 0 Å². The van der Waals surface area contributed by atoms with E-state index < -0.39 is 51.2 Å². The molecular weight excluding hydrogens is 494 g/mol. The molecule has 1 fully saturated rings. The molecule has 1 saturated carbocycles. The van der Waals surface area contributed by atoms with E-state index in [9.17, 15) is 39.6 Å². The molecule has 8 nitrogen and oxygen atoms in total. The predicted molar refractivity (Wildman–Crippen MR) is 108 cm³/mol. The summed E-state index contributed by atoms with van der Waals surface area (Å²) in [6, 6.07) is 3.24. The van der Waals surface area contributed by atoms with Crippen LogP contribution in [0.2, 0.25) is 0 Å². The minimum atomic E-state index is -4.79. The highest BCUT2D eigenvalue weighted by atomic mass is 32.2. The number of ether oxygens (including phenoxy) is 1. The van der Waals surface area contributed by atoms with Gasteiger partial charge in [0.1, 0.15) is 18.1 Å². The lowest BCUT2D eigenvalue weighted by Gasteiger charge is -2.15. The summed E-state index contributed by atoms with van der Waals surface area (Å²) in [6.07, 6.45) is -6.80. The highest BCUT2D eigenvalue weighted by Crippen LogP contribution is 2.33. The van der Waals surface area contributed by atoms with Gasteiger partial charge in [0.2, 0.25) is 10.0 Å². The van der Waals surface area contributed by atoms with Crippen molar-refractivity contribution >= 4 is 27.6 Å². The third-order valence-electron chi connectivity index (χ3n) is 4.47. The van der Waals surface area contributed by atoms with Crippen LogP contribution in [0.4, 0.5) is 42.6 Å². The maximum atomic E-state index is 12.8. The number of amides is 2. The molecule has 1 aliphatic carbocycles. The van der Waals surface area contributed by atoms with Crippen molar-refractivity contribution in [2.75, 3.05) is 23.8 Å². The van der Waals surface area contributed by atoms with Crippen molar-refractivity contribution in [2.24, 2.45) is 5.92 Å². The van der Waals surface area contributed by atoms with Crippen LogP contribution in [0, 0.1) is 5.92 Å². The third kappa shape index (κ3) is 7.48. The lowest BCUT2D eigenvalue weighted by molar-refractivity contribution is -0.137. The number of benzene rings is 1. The highest BCUT2D eigenvalue weighted by Gasteiger charge is 2.32. The first-order chi connectivity index (χ1) is 15.7. The number of carbonyl (C=O) groups excluding carboxylic acids is 1. The SMILES string of the molecule is O=C(Nc1cc(C(F)(F)F)ccn1)Nc1cc(S(=O)(=O)NCC(F)(F)F)ccc1OCC1CC1. The number of anilines is 2. The average molecular weight is 512 g/mol. The van der Waals surface area contributed by atoms with Crippen LogP contribution >= 0.6 is 0 Å². The van der Waals surface area contributed by atoms with E-state index in [4.69, 9.17) is 4.74 Å². The zero-order valence-electron chi connectivity index (χ0n) is 17.1. The number of urea groups is 1. The third-order valence-corrected chi connectivity index (χ3v) is 5.87. The van der Waals surface area contributed by atoms with Crippen LogP contribution < -0.4 is 20.1 Å². The minimum Gasteiger partial charge on any atom is -0.491 e. The van der Waals surface area contributed by atoms with Gasteiger partial charge in [-0.15, -0.1) is 0 Å². The number of carbonyl (C=O) groups is 1. The smallest absolute Gasteiger partial charge is 0.416 e. The summed E-state index contributed by atoms with van der Waals surface area (Å²) in [4.78, 5) is 15.4. The zero-order chi connectivity index (χ0) is 25.1. The minimum absolute atomic E-state index is 0.0221. The summed E-state index contributed by atoms with van der Waals surface area (Å²) in [5.74, 6) is -0.148. The van der Waals surface area contributed by atoms with E-state index in [-0.39, 0.29) is 24.0 Å². The molecule has 34 heavy (non-hydrogen) atoms. The molecule has 3 N–H and O–H groups in total. The summed E-state index contributed by atoms with van der Waals surface area (Å²) in [7, 11) is -4.60. The Balaban J connectivity index is 1.81. The average Bonchev–Trinajstić information content (AvgIpc) is 3.55. The van der Waals surface area contributed by atoms with E-state index in [2.05, 4.69) is 15.6 Å². The van der Waals surface area contributed by atoms with Gasteiger partial charge in [-0.25, -0.2) is 22.9 Å². The highest BCUT2D eigenvalue weighted by molar-refractivity contribution is 7.89. The molecule has 1 aromatic heterocycles. The van der Waals surface area contributed by atoms with Crippen LogP contribution in [0.15, 0.2) is 41.4 Å². The zero-order valence-corrected chi connectivity index (χ0v) is 17.9. The molecule has 0 spiro atoms. The number of rotatable bonds is 8. The van der Waals surface area contributed by atoms with Crippen LogP contribution in [-0.2, 0) is 16.2 Å². The monoisotopic (exact) mass is 512 g/mol. The number of pyridine rings is 1. The van der Waals surface area contributed by atoms with E-state index in [1.54, 1.807) is 0 Å². The molecule has 0 aliphatic heterocycles. The van der Waals surface area contributed by atoms with Crippen molar-refractivity contribution in [3.8, 4) is 5.75 Å². The van der Waals surface area contributed by atoms with E-state index in [1.807, 2.05) is 0 Å². The Hall–Kier alpha value is -3.07. The van der Waals surface area contributed by atoms with Crippen molar-refractivity contribution in [3.05, 3.63) is 42.1 Å². The Labute approximate surface area is 189 Å². The van der Waals surface area contributed by atoms with Crippen LogP contribution in [0.3, 0.4) is 0 Å². The molecule has 15 heteroatoms.